The van der Waals surface area contributed by atoms with Crippen LogP contribution >= 0.6 is 7.67 Å². The van der Waals surface area contributed by atoms with Crippen molar-refractivity contribution in [3.63, 3.8) is 0 Å². The molecule has 3 aromatic heterocycles. The molecule has 13 nitrogen and oxygen atoms in total. The highest BCUT2D eigenvalue weighted by molar-refractivity contribution is 7.54. The molecule has 0 bridgehead atoms. The Bertz CT molecular complexity index is 1220. The SMILES string of the molecule is C[C@]1(F)[C@@H](O)[C@@H](COP2(=O)NCc3cccnc3CN2)O[C@H]1n1cnc2c(N)nc(N)nc21. The summed E-state index contributed by atoms with van der Waals surface area (Å²) in [7, 11) is -3.52. The molecule has 0 aliphatic carbocycles. The predicted molar refractivity (Wildman–Crippen MR) is 115 cm³/mol. The van der Waals surface area contributed by atoms with Gasteiger partial charge in [-0.2, -0.15) is 9.97 Å². The minimum absolute atomic E-state index is 0.0364. The van der Waals surface area contributed by atoms with E-state index in [4.69, 9.17) is 20.7 Å². The molecule has 0 amide bonds. The number of nitrogens with one attached hydrogen (secondary N) is 2. The number of nitrogen functional groups attached to an aromatic ring is 2. The molecule has 2 aliphatic rings. The lowest BCUT2D eigenvalue weighted by Crippen LogP contribution is -2.41. The van der Waals surface area contributed by atoms with Crippen LogP contribution < -0.4 is 21.6 Å². The fourth-order valence-corrected chi connectivity index (χ4v) is 5.35. The number of rotatable bonds is 4. The van der Waals surface area contributed by atoms with Crippen LogP contribution in [0.5, 0.6) is 0 Å². The largest absolute Gasteiger partial charge is 0.387 e. The number of anilines is 2. The van der Waals surface area contributed by atoms with Crippen LogP contribution in [0, 0.1) is 0 Å². The number of hydrogen-bond donors (Lipinski definition) is 5. The molecule has 3 aromatic rings. The summed E-state index contributed by atoms with van der Waals surface area (Å²) in [4.78, 5) is 16.3. The molecular weight excluding hydrogens is 456 g/mol. The quantitative estimate of drug-likeness (QED) is 0.324. The zero-order valence-corrected chi connectivity index (χ0v) is 18.4. The molecule has 1 fully saturated rings. The number of aliphatic hydroxyl groups excluding tert-OH is 1. The number of aliphatic hydroxyl groups is 1. The van der Waals surface area contributed by atoms with Crippen LogP contribution in [0.1, 0.15) is 24.4 Å². The lowest BCUT2D eigenvalue weighted by molar-refractivity contribution is -0.0540. The van der Waals surface area contributed by atoms with Crippen LogP contribution in [0.25, 0.3) is 11.2 Å². The minimum atomic E-state index is -3.52. The van der Waals surface area contributed by atoms with Gasteiger partial charge in [-0.15, -0.1) is 0 Å². The van der Waals surface area contributed by atoms with Crippen molar-refractivity contribution in [2.75, 3.05) is 18.1 Å². The van der Waals surface area contributed by atoms with Gasteiger partial charge < -0.3 is 25.8 Å². The first-order valence-corrected chi connectivity index (χ1v) is 11.8. The first-order chi connectivity index (χ1) is 15.7. The second-order valence-corrected chi connectivity index (χ2v) is 10.0. The van der Waals surface area contributed by atoms with E-state index in [1.807, 2.05) is 6.07 Å². The van der Waals surface area contributed by atoms with Gasteiger partial charge in [-0.1, -0.05) is 6.07 Å². The topological polar surface area (TPSA) is 188 Å². The molecule has 5 atom stereocenters. The maximum absolute atomic E-state index is 15.6. The van der Waals surface area contributed by atoms with Crippen LogP contribution in [0.15, 0.2) is 24.7 Å². The van der Waals surface area contributed by atoms with Crippen molar-refractivity contribution in [1.82, 2.24) is 34.7 Å². The average Bonchev–Trinajstić information content (AvgIpc) is 3.22. The number of imidazole rings is 1. The molecule has 5 rings (SSSR count). The van der Waals surface area contributed by atoms with Gasteiger partial charge in [0.1, 0.15) is 17.7 Å². The molecule has 1 unspecified atom stereocenters. The van der Waals surface area contributed by atoms with E-state index in [2.05, 4.69) is 30.1 Å². The van der Waals surface area contributed by atoms with E-state index in [-0.39, 0.29) is 42.6 Å². The van der Waals surface area contributed by atoms with Crippen molar-refractivity contribution in [3.8, 4) is 0 Å². The molecule has 0 aromatic carbocycles. The summed E-state index contributed by atoms with van der Waals surface area (Å²) >= 11 is 0. The molecule has 176 valence electrons. The monoisotopic (exact) mass is 479 g/mol. The van der Waals surface area contributed by atoms with Crippen molar-refractivity contribution in [2.24, 2.45) is 0 Å². The minimum Gasteiger partial charge on any atom is -0.387 e. The van der Waals surface area contributed by atoms with Gasteiger partial charge in [-0.3, -0.25) is 14.1 Å². The molecule has 0 saturated carbocycles. The smallest absolute Gasteiger partial charge is 0.341 e. The Morgan fingerprint density at radius 1 is 1.36 bits per heavy atom. The van der Waals surface area contributed by atoms with Crippen LogP contribution in [-0.2, 0) is 26.9 Å². The summed E-state index contributed by atoms with van der Waals surface area (Å²) in [5.74, 6) is -0.0748. The van der Waals surface area contributed by atoms with Crippen molar-refractivity contribution < 1.29 is 23.3 Å². The maximum Gasteiger partial charge on any atom is 0.341 e. The van der Waals surface area contributed by atoms with Gasteiger partial charge >= 0.3 is 7.67 Å². The third-order valence-electron chi connectivity index (χ3n) is 5.77. The molecule has 33 heavy (non-hydrogen) atoms. The fraction of sp³-hybridized carbons (Fsp3) is 0.444. The Hall–Kier alpha value is -2.74. The zero-order chi connectivity index (χ0) is 23.4. The molecule has 5 heterocycles. The zero-order valence-electron chi connectivity index (χ0n) is 17.6. The highest BCUT2D eigenvalue weighted by atomic mass is 31.2. The van der Waals surface area contributed by atoms with Gasteiger partial charge in [0.25, 0.3) is 0 Å². The lowest BCUT2D eigenvalue weighted by Gasteiger charge is -2.24. The van der Waals surface area contributed by atoms with Gasteiger partial charge in [0.2, 0.25) is 5.95 Å². The number of pyridine rings is 1. The number of ether oxygens (including phenoxy) is 1. The lowest BCUT2D eigenvalue weighted by atomic mass is 9.98. The molecule has 1 saturated heterocycles. The Balaban J connectivity index is 1.34. The fourth-order valence-electron chi connectivity index (χ4n) is 3.96. The third kappa shape index (κ3) is 3.84. The van der Waals surface area contributed by atoms with Crippen molar-refractivity contribution in [3.05, 3.63) is 35.9 Å². The van der Waals surface area contributed by atoms with Crippen molar-refractivity contribution in [2.45, 2.75) is 44.1 Å². The van der Waals surface area contributed by atoms with E-state index < -0.39 is 31.8 Å². The summed E-state index contributed by atoms with van der Waals surface area (Å²) < 4.78 is 41.4. The van der Waals surface area contributed by atoms with Crippen molar-refractivity contribution >= 4 is 30.6 Å². The maximum atomic E-state index is 15.6. The predicted octanol–water partition coefficient (Wildman–Crippen LogP) is 0.390. The number of hydrogen-bond acceptors (Lipinski definition) is 10. The number of halogens is 1. The van der Waals surface area contributed by atoms with Crippen LogP contribution in [0.3, 0.4) is 0 Å². The second-order valence-electron chi connectivity index (χ2n) is 8.04. The average molecular weight is 479 g/mol. The number of alkyl halides is 1. The summed E-state index contributed by atoms with van der Waals surface area (Å²) in [6.07, 6.45) is -1.10. The summed E-state index contributed by atoms with van der Waals surface area (Å²) in [6.45, 7) is 1.34. The van der Waals surface area contributed by atoms with Gasteiger partial charge in [-0.25, -0.2) is 19.5 Å². The molecule has 0 radical (unpaired) electrons. The number of fused-ring (bicyclic) bond motifs is 2. The standard InChI is InChI=1S/C18H23FN9O4P/c1-18(19)13(29)11(7-31-33(30)24-5-9-3-2-4-22-10(9)6-25-33)32-16(18)28-8-23-12-14(20)26-17(21)27-15(12)28/h2-4,8,11,13,16,29H,5-7H2,1H3,(H2,24,25,30)(H4,20,21,26,27)/t11-,13+,16-,18+,33?/m1/s1. The van der Waals surface area contributed by atoms with E-state index in [1.54, 1.807) is 12.3 Å². The normalized spacial score (nSPS) is 32.0. The Kier molecular flexibility index (Phi) is 5.31. The summed E-state index contributed by atoms with van der Waals surface area (Å²) in [6, 6.07) is 3.66. The molecule has 7 N–H and O–H groups in total. The van der Waals surface area contributed by atoms with Crippen LogP contribution in [0.4, 0.5) is 16.2 Å². The van der Waals surface area contributed by atoms with Crippen LogP contribution in [-0.4, -0.2) is 54.1 Å². The van der Waals surface area contributed by atoms with E-state index in [1.165, 1.54) is 17.8 Å². The number of aromatic nitrogens is 5. The highest BCUT2D eigenvalue weighted by Gasteiger charge is 2.55. The Morgan fingerprint density at radius 2 is 2.15 bits per heavy atom. The van der Waals surface area contributed by atoms with Gasteiger partial charge in [0.05, 0.1) is 18.6 Å². The summed E-state index contributed by atoms with van der Waals surface area (Å²) in [5, 5.41) is 16.3. The number of nitrogens with two attached hydrogens (primary N) is 2. The molecular formula is C18H23FN9O4P. The first-order valence-electron chi connectivity index (χ1n) is 10.1. The van der Waals surface area contributed by atoms with Gasteiger partial charge in [0, 0.05) is 19.3 Å². The van der Waals surface area contributed by atoms with E-state index >= 15 is 4.39 Å². The summed E-state index contributed by atoms with van der Waals surface area (Å²) in [5.41, 5.74) is 11.2. The van der Waals surface area contributed by atoms with Crippen LogP contribution in [0.2, 0.25) is 0 Å². The second kappa shape index (κ2) is 7.94. The Labute approximate surface area is 187 Å². The molecule has 2 aliphatic heterocycles. The van der Waals surface area contributed by atoms with Crippen molar-refractivity contribution in [1.29, 1.82) is 0 Å². The third-order valence-corrected chi connectivity index (χ3v) is 7.43. The molecule has 0 spiro atoms. The highest BCUT2D eigenvalue weighted by Crippen LogP contribution is 2.45. The molecule has 15 heteroatoms. The first kappa shape index (κ1) is 22.1. The Morgan fingerprint density at radius 3 is 2.97 bits per heavy atom. The van der Waals surface area contributed by atoms with Gasteiger partial charge in [0.15, 0.2) is 23.4 Å². The van der Waals surface area contributed by atoms with E-state index in [9.17, 15) is 9.67 Å². The number of nitrogens with zero attached hydrogens (tertiary/aromatic N) is 5. The van der Waals surface area contributed by atoms with E-state index in [0.717, 1.165) is 11.3 Å². The van der Waals surface area contributed by atoms with E-state index in [0.29, 0.717) is 0 Å². The van der Waals surface area contributed by atoms with Gasteiger partial charge in [-0.05, 0) is 18.6 Å².